The molecular weight excluding hydrogens is 239 g/mol. The van der Waals surface area contributed by atoms with Crippen molar-refractivity contribution >= 4 is 46.2 Å². The Labute approximate surface area is 97.1 Å². The van der Waals surface area contributed by atoms with E-state index in [4.69, 9.17) is 23.2 Å². The van der Waals surface area contributed by atoms with E-state index >= 15 is 0 Å². The van der Waals surface area contributed by atoms with E-state index in [1.54, 1.807) is 30.5 Å². The van der Waals surface area contributed by atoms with Crippen molar-refractivity contribution in [1.29, 1.82) is 0 Å². The van der Waals surface area contributed by atoms with Crippen LogP contribution in [0.3, 0.4) is 0 Å². The van der Waals surface area contributed by atoms with E-state index in [2.05, 4.69) is 0 Å². The minimum atomic E-state index is 0.0103. The summed E-state index contributed by atoms with van der Waals surface area (Å²) < 4.78 is 0. The Morgan fingerprint density at radius 3 is 2.64 bits per heavy atom. The normalized spacial score (nSPS) is 10.8. The summed E-state index contributed by atoms with van der Waals surface area (Å²) in [6.07, 6.45) is 4.95. The average Bonchev–Trinajstić information content (AvgIpc) is 2.19. The third-order valence-corrected chi connectivity index (χ3v) is 2.83. The number of carbonyl (C=O) groups is 1. The monoisotopic (exact) mass is 246 g/mol. The predicted molar refractivity (Wildman–Crippen MR) is 64.0 cm³/mol. The van der Waals surface area contributed by atoms with Crippen LogP contribution in [0, 0.1) is 0 Å². The molecule has 0 aromatic heterocycles. The summed E-state index contributed by atoms with van der Waals surface area (Å²) in [7, 11) is 0. The van der Waals surface area contributed by atoms with Crippen LogP contribution in [0.2, 0.25) is 10.0 Å². The van der Waals surface area contributed by atoms with Gasteiger partial charge in [-0.3, -0.25) is 4.79 Å². The van der Waals surface area contributed by atoms with Crippen LogP contribution in [0.25, 0.3) is 6.08 Å². The fourth-order valence-electron chi connectivity index (χ4n) is 0.848. The average molecular weight is 247 g/mol. The fourth-order valence-corrected chi connectivity index (χ4v) is 1.36. The number of halogens is 2. The van der Waals surface area contributed by atoms with Gasteiger partial charge in [0.05, 0.1) is 10.0 Å². The molecule has 0 bridgehead atoms. The molecule has 0 N–H and O–H groups in total. The van der Waals surface area contributed by atoms with E-state index in [0.717, 1.165) is 5.56 Å². The second-order valence-electron chi connectivity index (χ2n) is 2.53. The molecule has 0 amide bonds. The molecule has 1 rings (SSSR count). The van der Waals surface area contributed by atoms with Gasteiger partial charge in [0, 0.05) is 0 Å². The van der Waals surface area contributed by atoms with Crippen LogP contribution in [-0.2, 0) is 4.79 Å². The zero-order chi connectivity index (χ0) is 10.6. The molecule has 4 heteroatoms. The topological polar surface area (TPSA) is 17.1 Å². The van der Waals surface area contributed by atoms with Crippen molar-refractivity contribution in [3.05, 3.63) is 39.9 Å². The summed E-state index contributed by atoms with van der Waals surface area (Å²) in [6, 6.07) is 5.22. The van der Waals surface area contributed by atoms with Crippen molar-refractivity contribution in [2.24, 2.45) is 0 Å². The Hall–Kier alpha value is -0.440. The molecule has 0 fully saturated rings. The maximum absolute atomic E-state index is 11.0. The number of rotatable bonds is 2. The van der Waals surface area contributed by atoms with Gasteiger partial charge in [0.2, 0.25) is 5.12 Å². The summed E-state index contributed by atoms with van der Waals surface area (Å²) in [4.78, 5) is 11.0. The molecule has 0 aliphatic rings. The highest BCUT2D eigenvalue weighted by Gasteiger charge is 1.97. The van der Waals surface area contributed by atoms with Gasteiger partial charge in [0.25, 0.3) is 0 Å². The Balaban J connectivity index is 2.83. The van der Waals surface area contributed by atoms with Gasteiger partial charge in [-0.25, -0.2) is 0 Å². The number of hydrogen-bond acceptors (Lipinski definition) is 2. The van der Waals surface area contributed by atoms with Gasteiger partial charge in [-0.05, 0) is 30.0 Å². The van der Waals surface area contributed by atoms with Crippen molar-refractivity contribution < 1.29 is 4.79 Å². The number of hydrogen-bond donors (Lipinski definition) is 0. The first-order chi connectivity index (χ1) is 6.63. The maximum Gasteiger partial charge on any atom is 0.211 e. The van der Waals surface area contributed by atoms with Crippen molar-refractivity contribution in [3.8, 4) is 0 Å². The standard InChI is InChI=1S/C10H8Cl2OS/c1-14-10(13)5-3-7-2-4-8(11)9(12)6-7/h2-6H,1H3/b5-3+. The van der Waals surface area contributed by atoms with Crippen molar-refractivity contribution in [1.82, 2.24) is 0 Å². The molecule has 0 saturated carbocycles. The zero-order valence-corrected chi connectivity index (χ0v) is 9.79. The fraction of sp³-hybridized carbons (Fsp3) is 0.100. The molecule has 1 aromatic carbocycles. The largest absolute Gasteiger partial charge is 0.282 e. The van der Waals surface area contributed by atoms with Crippen molar-refractivity contribution in [2.75, 3.05) is 6.26 Å². The van der Waals surface area contributed by atoms with Crippen molar-refractivity contribution in [3.63, 3.8) is 0 Å². The first-order valence-corrected chi connectivity index (χ1v) is 5.82. The SMILES string of the molecule is CSC(=O)/C=C/c1ccc(Cl)c(Cl)c1. The molecule has 0 heterocycles. The molecule has 0 aliphatic carbocycles. The molecular formula is C10H8Cl2OS. The minimum absolute atomic E-state index is 0.0103. The maximum atomic E-state index is 11.0. The molecule has 1 aromatic rings. The third kappa shape index (κ3) is 3.37. The van der Waals surface area contributed by atoms with Crippen molar-refractivity contribution in [2.45, 2.75) is 0 Å². The van der Waals surface area contributed by atoms with Gasteiger partial charge < -0.3 is 0 Å². The first-order valence-electron chi connectivity index (χ1n) is 3.84. The van der Waals surface area contributed by atoms with Gasteiger partial charge >= 0.3 is 0 Å². The summed E-state index contributed by atoms with van der Waals surface area (Å²) in [5.41, 5.74) is 0.863. The van der Waals surface area contributed by atoms with Crippen LogP contribution in [0.5, 0.6) is 0 Å². The van der Waals surface area contributed by atoms with E-state index in [0.29, 0.717) is 10.0 Å². The van der Waals surface area contributed by atoms with E-state index in [9.17, 15) is 4.79 Å². The number of carbonyl (C=O) groups excluding carboxylic acids is 1. The Kier molecular flexibility index (Phi) is 4.52. The van der Waals surface area contributed by atoms with Crippen LogP contribution in [-0.4, -0.2) is 11.4 Å². The molecule has 0 aliphatic heterocycles. The van der Waals surface area contributed by atoms with E-state index in [1.807, 2.05) is 0 Å². The Morgan fingerprint density at radius 1 is 1.36 bits per heavy atom. The molecule has 1 nitrogen and oxygen atoms in total. The first kappa shape index (κ1) is 11.6. The molecule has 0 saturated heterocycles. The molecule has 0 atom stereocenters. The lowest BCUT2D eigenvalue weighted by Gasteiger charge is -1.96. The second kappa shape index (κ2) is 5.44. The predicted octanol–water partition coefficient (Wildman–Crippen LogP) is 3.90. The molecule has 74 valence electrons. The quantitative estimate of drug-likeness (QED) is 0.737. The third-order valence-electron chi connectivity index (χ3n) is 1.56. The molecule has 0 spiro atoms. The minimum Gasteiger partial charge on any atom is -0.282 e. The summed E-state index contributed by atoms with van der Waals surface area (Å²) in [5.74, 6) is 0. The summed E-state index contributed by atoms with van der Waals surface area (Å²) >= 11 is 12.7. The second-order valence-corrected chi connectivity index (χ2v) is 4.16. The van der Waals surface area contributed by atoms with Crippen LogP contribution in [0.1, 0.15) is 5.56 Å². The van der Waals surface area contributed by atoms with Crippen LogP contribution < -0.4 is 0 Å². The summed E-state index contributed by atoms with van der Waals surface area (Å²) in [5, 5.41) is 1.02. The van der Waals surface area contributed by atoms with Crippen LogP contribution in [0.4, 0.5) is 0 Å². The number of benzene rings is 1. The molecule has 14 heavy (non-hydrogen) atoms. The van der Waals surface area contributed by atoms with E-state index < -0.39 is 0 Å². The van der Waals surface area contributed by atoms with Gasteiger partial charge in [-0.15, -0.1) is 0 Å². The van der Waals surface area contributed by atoms with Crippen LogP contribution >= 0.6 is 35.0 Å². The van der Waals surface area contributed by atoms with Gasteiger partial charge in [0.1, 0.15) is 0 Å². The Morgan fingerprint density at radius 2 is 2.07 bits per heavy atom. The highest BCUT2D eigenvalue weighted by molar-refractivity contribution is 8.13. The lowest BCUT2D eigenvalue weighted by Crippen LogP contribution is -1.81. The van der Waals surface area contributed by atoms with Crippen LogP contribution in [0.15, 0.2) is 24.3 Å². The lowest BCUT2D eigenvalue weighted by molar-refractivity contribution is -0.106. The molecule has 0 radical (unpaired) electrons. The van der Waals surface area contributed by atoms with Gasteiger partial charge in [0.15, 0.2) is 0 Å². The highest BCUT2D eigenvalue weighted by atomic mass is 35.5. The van der Waals surface area contributed by atoms with Gasteiger partial charge in [-0.2, -0.15) is 0 Å². The smallest absolute Gasteiger partial charge is 0.211 e. The number of thioether (sulfide) groups is 1. The van der Waals surface area contributed by atoms with E-state index in [1.165, 1.54) is 17.8 Å². The highest BCUT2D eigenvalue weighted by Crippen LogP contribution is 2.23. The van der Waals surface area contributed by atoms with Gasteiger partial charge in [-0.1, -0.05) is 47.1 Å². The lowest BCUT2D eigenvalue weighted by atomic mass is 10.2. The zero-order valence-electron chi connectivity index (χ0n) is 7.46. The Bertz CT molecular complexity index is 374. The van der Waals surface area contributed by atoms with E-state index in [-0.39, 0.29) is 5.12 Å². The summed E-state index contributed by atoms with van der Waals surface area (Å²) in [6.45, 7) is 0. The molecule has 0 unspecified atom stereocenters.